The molecule has 0 spiro atoms. The highest BCUT2D eigenvalue weighted by atomic mass is 35.5. The van der Waals surface area contributed by atoms with Crippen molar-refractivity contribution in [1.29, 1.82) is 0 Å². The van der Waals surface area contributed by atoms with Gasteiger partial charge in [-0.3, -0.25) is 0 Å². The van der Waals surface area contributed by atoms with E-state index in [1.165, 1.54) is 0 Å². The Labute approximate surface area is 115 Å². The van der Waals surface area contributed by atoms with Crippen molar-refractivity contribution in [3.05, 3.63) is 41.4 Å². The molecule has 0 radical (unpaired) electrons. The largest absolute Gasteiger partial charge is 0.386 e. The van der Waals surface area contributed by atoms with Gasteiger partial charge in [-0.25, -0.2) is 9.98 Å². The number of amidine groups is 1. The lowest BCUT2D eigenvalue weighted by atomic mass is 10.2. The molecule has 0 atom stereocenters. The predicted octanol–water partition coefficient (Wildman–Crippen LogP) is 3.06. The molecule has 1 aromatic heterocycles. The quantitative estimate of drug-likeness (QED) is 0.534. The van der Waals surface area contributed by atoms with Gasteiger partial charge in [-0.15, -0.1) is 11.6 Å². The summed E-state index contributed by atoms with van der Waals surface area (Å²) in [5.41, 5.74) is 7.11. The first-order chi connectivity index (χ1) is 8.61. The average Bonchev–Trinajstić information content (AvgIpc) is 2.75. The standard InChI is InChI=1S/C12H12Cl2N4/c1-8-16-4-5-18(8)11-3-2-9(6-10(11)14)17-12(15)7-13/h2-6H,7H2,1H3,(H2,15,17). The Hall–Kier alpha value is -1.52. The molecule has 6 heteroatoms. The molecule has 2 N–H and O–H groups in total. The summed E-state index contributed by atoms with van der Waals surface area (Å²) in [5, 5.41) is 0.583. The van der Waals surface area contributed by atoms with E-state index in [-0.39, 0.29) is 5.88 Å². The van der Waals surface area contributed by atoms with Crippen LogP contribution in [-0.2, 0) is 0 Å². The third kappa shape index (κ3) is 2.66. The normalized spacial score (nSPS) is 11.8. The van der Waals surface area contributed by atoms with Crippen molar-refractivity contribution >= 4 is 34.7 Å². The van der Waals surface area contributed by atoms with E-state index < -0.39 is 0 Å². The molecule has 94 valence electrons. The van der Waals surface area contributed by atoms with Gasteiger partial charge in [-0.1, -0.05) is 11.6 Å². The van der Waals surface area contributed by atoms with E-state index in [0.29, 0.717) is 16.5 Å². The summed E-state index contributed by atoms with van der Waals surface area (Å²) in [6.07, 6.45) is 3.58. The summed E-state index contributed by atoms with van der Waals surface area (Å²) < 4.78 is 1.90. The van der Waals surface area contributed by atoms with Crippen LogP contribution in [0.5, 0.6) is 0 Å². The smallest absolute Gasteiger partial charge is 0.115 e. The molecular weight excluding hydrogens is 271 g/mol. The first-order valence-corrected chi connectivity index (χ1v) is 6.22. The molecule has 0 fully saturated rings. The third-order valence-corrected chi connectivity index (χ3v) is 3.00. The molecule has 0 unspecified atom stereocenters. The SMILES string of the molecule is Cc1nccn1-c1ccc(N=C(N)CCl)cc1Cl. The van der Waals surface area contributed by atoms with Crippen LogP contribution in [-0.4, -0.2) is 21.3 Å². The maximum absolute atomic E-state index is 6.23. The molecule has 1 heterocycles. The topological polar surface area (TPSA) is 56.2 Å². The second-order valence-corrected chi connectivity index (χ2v) is 4.39. The molecule has 0 saturated heterocycles. The number of rotatable bonds is 3. The lowest BCUT2D eigenvalue weighted by Crippen LogP contribution is -2.12. The van der Waals surface area contributed by atoms with Crippen LogP contribution in [0.4, 0.5) is 5.69 Å². The van der Waals surface area contributed by atoms with Crippen LogP contribution in [0.2, 0.25) is 5.02 Å². The number of imidazole rings is 1. The van der Waals surface area contributed by atoms with Gasteiger partial charge in [0.1, 0.15) is 11.7 Å². The van der Waals surface area contributed by atoms with Crippen LogP contribution < -0.4 is 5.73 Å². The monoisotopic (exact) mass is 282 g/mol. The van der Waals surface area contributed by atoms with Gasteiger partial charge in [0.25, 0.3) is 0 Å². The van der Waals surface area contributed by atoms with Crippen LogP contribution >= 0.6 is 23.2 Å². The van der Waals surface area contributed by atoms with Crippen LogP contribution in [0.1, 0.15) is 5.82 Å². The lowest BCUT2D eigenvalue weighted by molar-refractivity contribution is 0.975. The van der Waals surface area contributed by atoms with Crippen LogP contribution in [0.25, 0.3) is 5.69 Å². The summed E-state index contributed by atoms with van der Waals surface area (Å²) in [4.78, 5) is 8.29. The van der Waals surface area contributed by atoms with Crippen molar-refractivity contribution in [2.24, 2.45) is 10.7 Å². The van der Waals surface area contributed by atoms with E-state index in [2.05, 4.69) is 9.98 Å². The summed E-state index contributed by atoms with van der Waals surface area (Å²) in [6, 6.07) is 5.45. The summed E-state index contributed by atoms with van der Waals surface area (Å²) in [5.74, 6) is 1.42. The van der Waals surface area contributed by atoms with Crippen molar-refractivity contribution in [3.8, 4) is 5.69 Å². The van der Waals surface area contributed by atoms with E-state index in [4.69, 9.17) is 28.9 Å². The van der Waals surface area contributed by atoms with E-state index in [0.717, 1.165) is 11.5 Å². The van der Waals surface area contributed by atoms with Gasteiger partial charge in [-0.2, -0.15) is 0 Å². The molecule has 0 aliphatic carbocycles. The van der Waals surface area contributed by atoms with E-state index in [9.17, 15) is 0 Å². The number of benzene rings is 1. The highest BCUT2D eigenvalue weighted by Gasteiger charge is 2.06. The zero-order chi connectivity index (χ0) is 13.1. The Balaban J connectivity index is 2.40. The van der Waals surface area contributed by atoms with Crippen LogP contribution in [0.3, 0.4) is 0 Å². The fourth-order valence-corrected chi connectivity index (χ4v) is 1.91. The fourth-order valence-electron chi connectivity index (χ4n) is 1.59. The van der Waals surface area contributed by atoms with Gasteiger partial charge < -0.3 is 10.3 Å². The Morgan fingerprint density at radius 2 is 2.28 bits per heavy atom. The number of aliphatic imine (C=N–C) groups is 1. The first kappa shape index (κ1) is 12.9. The molecule has 2 rings (SSSR count). The number of nitrogens with two attached hydrogens (primary N) is 1. The third-order valence-electron chi connectivity index (χ3n) is 2.43. The Kier molecular flexibility index (Phi) is 3.89. The van der Waals surface area contributed by atoms with Crippen molar-refractivity contribution in [2.45, 2.75) is 6.92 Å². The lowest BCUT2D eigenvalue weighted by Gasteiger charge is -2.08. The highest BCUT2D eigenvalue weighted by molar-refractivity contribution is 6.32. The minimum absolute atomic E-state index is 0.194. The number of hydrogen-bond acceptors (Lipinski definition) is 2. The molecule has 0 aliphatic heterocycles. The van der Waals surface area contributed by atoms with E-state index in [1.54, 1.807) is 12.3 Å². The van der Waals surface area contributed by atoms with Crippen LogP contribution in [0, 0.1) is 6.92 Å². The second kappa shape index (κ2) is 5.42. The summed E-state index contributed by atoms with van der Waals surface area (Å²) in [6.45, 7) is 1.91. The van der Waals surface area contributed by atoms with E-state index >= 15 is 0 Å². The maximum Gasteiger partial charge on any atom is 0.115 e. The molecule has 1 aromatic carbocycles. The number of hydrogen-bond donors (Lipinski definition) is 1. The maximum atomic E-state index is 6.23. The average molecular weight is 283 g/mol. The van der Waals surface area contributed by atoms with Gasteiger partial charge in [0.15, 0.2) is 0 Å². The molecule has 0 bridgehead atoms. The first-order valence-electron chi connectivity index (χ1n) is 5.30. The fraction of sp³-hybridized carbons (Fsp3) is 0.167. The second-order valence-electron chi connectivity index (χ2n) is 3.72. The number of halogens is 2. The minimum Gasteiger partial charge on any atom is -0.386 e. The molecule has 0 amide bonds. The molecule has 4 nitrogen and oxygen atoms in total. The van der Waals surface area contributed by atoms with Crippen LogP contribution in [0.15, 0.2) is 35.6 Å². The van der Waals surface area contributed by atoms with Gasteiger partial charge >= 0.3 is 0 Å². The number of aryl methyl sites for hydroxylation is 1. The highest BCUT2D eigenvalue weighted by Crippen LogP contribution is 2.26. The zero-order valence-electron chi connectivity index (χ0n) is 9.77. The van der Waals surface area contributed by atoms with Gasteiger partial charge in [-0.05, 0) is 25.1 Å². The predicted molar refractivity (Wildman–Crippen MR) is 75.3 cm³/mol. The summed E-state index contributed by atoms with van der Waals surface area (Å²) in [7, 11) is 0. The molecule has 18 heavy (non-hydrogen) atoms. The number of alkyl halides is 1. The molecule has 0 saturated carbocycles. The van der Waals surface area contributed by atoms with Gasteiger partial charge in [0.2, 0.25) is 0 Å². The zero-order valence-corrected chi connectivity index (χ0v) is 11.3. The van der Waals surface area contributed by atoms with Gasteiger partial charge in [0, 0.05) is 12.4 Å². The van der Waals surface area contributed by atoms with Crippen molar-refractivity contribution in [1.82, 2.24) is 9.55 Å². The van der Waals surface area contributed by atoms with Gasteiger partial charge in [0.05, 0.1) is 22.3 Å². The Morgan fingerprint density at radius 1 is 1.50 bits per heavy atom. The molecule has 0 aliphatic rings. The number of nitrogens with zero attached hydrogens (tertiary/aromatic N) is 3. The number of aromatic nitrogens is 2. The summed E-state index contributed by atoms with van der Waals surface area (Å²) >= 11 is 11.8. The van der Waals surface area contributed by atoms with Crippen molar-refractivity contribution < 1.29 is 0 Å². The minimum atomic E-state index is 0.194. The Bertz CT molecular complexity index is 590. The van der Waals surface area contributed by atoms with Crippen molar-refractivity contribution in [2.75, 3.05) is 5.88 Å². The van der Waals surface area contributed by atoms with E-state index in [1.807, 2.05) is 29.8 Å². The van der Waals surface area contributed by atoms with Crippen molar-refractivity contribution in [3.63, 3.8) is 0 Å². The molecule has 2 aromatic rings. The Morgan fingerprint density at radius 3 is 2.83 bits per heavy atom. The molecular formula is C12H12Cl2N4.